The number of nitrogens with zero attached hydrogens (tertiary/aromatic N) is 2. The fourth-order valence-corrected chi connectivity index (χ4v) is 1.98. The lowest BCUT2D eigenvalue weighted by Gasteiger charge is -2.15. The summed E-state index contributed by atoms with van der Waals surface area (Å²) in [6, 6.07) is 8.45. The second kappa shape index (κ2) is 11.7. The van der Waals surface area contributed by atoms with Crippen molar-refractivity contribution in [2.45, 2.75) is 13.0 Å². The second-order valence-electron chi connectivity index (χ2n) is 5.38. The molecule has 1 aromatic carbocycles. The highest BCUT2D eigenvalue weighted by Crippen LogP contribution is 2.12. The predicted molar refractivity (Wildman–Crippen MR) is 96.3 cm³/mol. The third-order valence-corrected chi connectivity index (χ3v) is 3.30. The van der Waals surface area contributed by atoms with Crippen molar-refractivity contribution < 1.29 is 9.47 Å². The average Bonchev–Trinajstić information content (AvgIpc) is 2.57. The Kier molecular flexibility index (Phi) is 9.83. The molecule has 0 fully saturated rings. The maximum atomic E-state index is 5.42. The zero-order chi connectivity index (χ0) is 16.9. The van der Waals surface area contributed by atoms with Crippen LogP contribution in [0.3, 0.4) is 0 Å². The molecule has 0 bridgehead atoms. The van der Waals surface area contributed by atoms with E-state index in [9.17, 15) is 0 Å². The highest BCUT2D eigenvalue weighted by molar-refractivity contribution is 5.79. The zero-order valence-electron chi connectivity index (χ0n) is 14.8. The Labute approximate surface area is 139 Å². The van der Waals surface area contributed by atoms with E-state index in [1.807, 2.05) is 14.1 Å². The minimum atomic E-state index is 0.642. The molecule has 0 aliphatic rings. The number of methoxy groups -OCH3 is 1. The molecule has 0 unspecified atom stereocenters. The summed E-state index contributed by atoms with van der Waals surface area (Å²) in [6.45, 7) is 3.57. The van der Waals surface area contributed by atoms with Gasteiger partial charge in [-0.1, -0.05) is 12.1 Å². The third kappa shape index (κ3) is 8.42. The minimum absolute atomic E-state index is 0.642. The first kappa shape index (κ1) is 19.3. The molecule has 0 aliphatic carbocycles. The number of guanidine groups is 1. The Bertz CT molecular complexity index is 464. The summed E-state index contributed by atoms with van der Waals surface area (Å²) in [5.41, 5.74) is 2.42. The van der Waals surface area contributed by atoms with Crippen LogP contribution < -0.4 is 15.5 Å². The lowest BCUT2D eigenvalue weighted by molar-refractivity contribution is 0.0698. The lowest BCUT2D eigenvalue weighted by atomic mass is 10.2. The molecular weight excluding hydrogens is 292 g/mol. The molecular formula is C17H30N4O2. The molecule has 0 heterocycles. The van der Waals surface area contributed by atoms with Gasteiger partial charge in [0, 0.05) is 53.6 Å². The maximum Gasteiger partial charge on any atom is 0.191 e. The van der Waals surface area contributed by atoms with Gasteiger partial charge in [-0.2, -0.15) is 0 Å². The highest BCUT2D eigenvalue weighted by Gasteiger charge is 2.00. The van der Waals surface area contributed by atoms with Crippen molar-refractivity contribution in [3.8, 4) is 0 Å². The number of nitrogens with one attached hydrogen (secondary N) is 2. The molecule has 0 aliphatic heterocycles. The normalized spacial score (nSPS) is 11.4. The van der Waals surface area contributed by atoms with Gasteiger partial charge in [-0.25, -0.2) is 0 Å². The molecule has 0 amide bonds. The molecule has 0 saturated heterocycles. The number of hydrogen-bond acceptors (Lipinski definition) is 4. The van der Waals surface area contributed by atoms with Gasteiger partial charge < -0.3 is 25.0 Å². The monoisotopic (exact) mass is 322 g/mol. The van der Waals surface area contributed by atoms with Crippen LogP contribution in [0.5, 0.6) is 0 Å². The molecule has 130 valence electrons. The third-order valence-electron chi connectivity index (χ3n) is 3.30. The van der Waals surface area contributed by atoms with Crippen LogP contribution in [-0.2, 0) is 16.0 Å². The van der Waals surface area contributed by atoms with E-state index in [-0.39, 0.29) is 0 Å². The molecule has 0 radical (unpaired) electrons. The van der Waals surface area contributed by atoms with Gasteiger partial charge in [0.1, 0.15) is 0 Å². The van der Waals surface area contributed by atoms with E-state index in [0.29, 0.717) is 13.2 Å². The van der Waals surface area contributed by atoms with E-state index >= 15 is 0 Å². The van der Waals surface area contributed by atoms with Crippen LogP contribution in [-0.4, -0.2) is 60.6 Å². The fraction of sp³-hybridized carbons (Fsp3) is 0.588. The smallest absolute Gasteiger partial charge is 0.191 e. The van der Waals surface area contributed by atoms with Gasteiger partial charge in [-0.15, -0.1) is 0 Å². The average molecular weight is 322 g/mol. The van der Waals surface area contributed by atoms with Gasteiger partial charge in [0.25, 0.3) is 0 Å². The summed E-state index contributed by atoms with van der Waals surface area (Å²) in [5.74, 6) is 0.803. The number of aliphatic imine (C=N–C) groups is 1. The van der Waals surface area contributed by atoms with Crippen molar-refractivity contribution >= 4 is 11.6 Å². The predicted octanol–water partition coefficient (Wildman–Crippen LogP) is 1.47. The number of rotatable bonds is 10. The van der Waals surface area contributed by atoms with Crippen LogP contribution in [0.25, 0.3) is 0 Å². The van der Waals surface area contributed by atoms with Crippen LogP contribution in [0.15, 0.2) is 29.3 Å². The summed E-state index contributed by atoms with van der Waals surface area (Å²) in [7, 11) is 7.54. The lowest BCUT2D eigenvalue weighted by Crippen LogP contribution is -2.37. The number of benzene rings is 1. The Hall–Kier alpha value is -1.79. The Morgan fingerprint density at radius 1 is 1.17 bits per heavy atom. The van der Waals surface area contributed by atoms with E-state index in [1.165, 1.54) is 11.3 Å². The maximum absolute atomic E-state index is 5.42. The molecule has 23 heavy (non-hydrogen) atoms. The Morgan fingerprint density at radius 3 is 2.70 bits per heavy atom. The first-order chi connectivity index (χ1) is 11.2. The van der Waals surface area contributed by atoms with Gasteiger partial charge in [0.05, 0.1) is 13.2 Å². The van der Waals surface area contributed by atoms with Crippen molar-refractivity contribution in [3.63, 3.8) is 0 Å². The Balaban J connectivity index is 2.25. The minimum Gasteiger partial charge on any atom is -0.382 e. The summed E-state index contributed by atoms with van der Waals surface area (Å²) in [5, 5.41) is 6.61. The number of ether oxygens (including phenoxy) is 2. The largest absolute Gasteiger partial charge is 0.382 e. The van der Waals surface area contributed by atoms with Crippen molar-refractivity contribution in [2.75, 3.05) is 59.5 Å². The van der Waals surface area contributed by atoms with Gasteiger partial charge in [-0.3, -0.25) is 4.99 Å². The van der Waals surface area contributed by atoms with E-state index in [2.05, 4.69) is 44.8 Å². The van der Waals surface area contributed by atoms with Crippen LogP contribution in [0.2, 0.25) is 0 Å². The zero-order valence-corrected chi connectivity index (χ0v) is 14.8. The van der Waals surface area contributed by atoms with Gasteiger partial charge in [0.15, 0.2) is 5.96 Å². The molecule has 1 aromatic rings. The van der Waals surface area contributed by atoms with E-state index in [1.54, 1.807) is 14.2 Å². The fourth-order valence-electron chi connectivity index (χ4n) is 1.98. The van der Waals surface area contributed by atoms with Crippen molar-refractivity contribution in [1.29, 1.82) is 0 Å². The topological polar surface area (TPSA) is 58.1 Å². The number of anilines is 1. The summed E-state index contributed by atoms with van der Waals surface area (Å²) < 4.78 is 10.4. The second-order valence-corrected chi connectivity index (χ2v) is 5.38. The van der Waals surface area contributed by atoms with Gasteiger partial charge in [0.2, 0.25) is 0 Å². The molecule has 0 spiro atoms. The van der Waals surface area contributed by atoms with E-state index < -0.39 is 0 Å². The van der Waals surface area contributed by atoms with Crippen LogP contribution in [0, 0.1) is 0 Å². The highest BCUT2D eigenvalue weighted by atomic mass is 16.5. The molecule has 1 rings (SSSR count). The first-order valence-electron chi connectivity index (χ1n) is 7.95. The summed E-state index contributed by atoms with van der Waals surface area (Å²) >= 11 is 0. The van der Waals surface area contributed by atoms with E-state index in [4.69, 9.17) is 9.47 Å². The summed E-state index contributed by atoms with van der Waals surface area (Å²) in [4.78, 5) is 6.33. The van der Waals surface area contributed by atoms with Crippen LogP contribution >= 0.6 is 0 Å². The molecule has 0 saturated carbocycles. The molecule has 6 nitrogen and oxygen atoms in total. The van der Waals surface area contributed by atoms with Crippen LogP contribution in [0.4, 0.5) is 5.69 Å². The van der Waals surface area contributed by atoms with E-state index in [0.717, 1.165) is 32.1 Å². The SMILES string of the molecule is CN=C(NCCCOCCOC)NCc1cccc(N(C)C)c1. The molecule has 0 aromatic heterocycles. The first-order valence-corrected chi connectivity index (χ1v) is 7.95. The van der Waals surface area contributed by atoms with Crippen molar-refractivity contribution in [1.82, 2.24) is 10.6 Å². The summed E-state index contributed by atoms with van der Waals surface area (Å²) in [6.07, 6.45) is 0.931. The quantitative estimate of drug-likeness (QED) is 0.388. The molecule has 0 atom stereocenters. The number of hydrogen-bond donors (Lipinski definition) is 2. The van der Waals surface area contributed by atoms with Crippen LogP contribution in [0.1, 0.15) is 12.0 Å². The van der Waals surface area contributed by atoms with Gasteiger partial charge >= 0.3 is 0 Å². The van der Waals surface area contributed by atoms with Gasteiger partial charge in [-0.05, 0) is 24.1 Å². The standard InChI is InChI=1S/C17H30N4O2/c1-18-17(19-9-6-10-23-12-11-22-4)20-14-15-7-5-8-16(13-15)21(2)3/h5,7-8,13H,6,9-12,14H2,1-4H3,(H2,18,19,20). The van der Waals surface area contributed by atoms with Crippen molar-refractivity contribution in [3.05, 3.63) is 29.8 Å². The molecule has 6 heteroatoms. The Morgan fingerprint density at radius 2 is 2.00 bits per heavy atom. The molecule has 2 N–H and O–H groups in total. The van der Waals surface area contributed by atoms with Crippen molar-refractivity contribution in [2.24, 2.45) is 4.99 Å².